The van der Waals surface area contributed by atoms with Crippen molar-refractivity contribution in [2.75, 3.05) is 37.7 Å². The number of aliphatic hydroxyl groups is 1. The maximum atomic E-state index is 10.5. The Hall–Kier alpha value is -2.15. The topological polar surface area (TPSA) is 62.0 Å². The Morgan fingerprint density at radius 1 is 1.23 bits per heavy atom. The van der Waals surface area contributed by atoms with E-state index >= 15 is 0 Å². The number of aromatic nitrogens is 1. The number of nitrogens with zero attached hydrogens (tertiary/aromatic N) is 3. The Kier molecular flexibility index (Phi) is 7.20. The molecule has 1 N–H and O–H groups in total. The van der Waals surface area contributed by atoms with Gasteiger partial charge in [-0.2, -0.15) is 0 Å². The monoisotopic (exact) mass is 411 g/mol. The Balaban J connectivity index is 1.56. The van der Waals surface area contributed by atoms with Crippen molar-refractivity contribution in [1.29, 1.82) is 0 Å². The molecule has 6 nitrogen and oxygen atoms in total. The molecule has 2 heterocycles. The Labute approximate surface area is 179 Å². The van der Waals surface area contributed by atoms with Crippen LogP contribution in [0, 0.1) is 0 Å². The summed E-state index contributed by atoms with van der Waals surface area (Å²) in [6, 6.07) is 10.8. The van der Waals surface area contributed by atoms with Crippen LogP contribution in [0.15, 0.2) is 47.5 Å². The Morgan fingerprint density at radius 3 is 2.70 bits per heavy atom. The van der Waals surface area contributed by atoms with Gasteiger partial charge < -0.3 is 19.3 Å². The van der Waals surface area contributed by atoms with Gasteiger partial charge in [-0.15, -0.1) is 6.58 Å². The van der Waals surface area contributed by atoms with Crippen molar-refractivity contribution in [2.45, 2.75) is 50.8 Å². The SMILES string of the molecule is C=CCOC[C@H](O)CN(Cc1c(-c2ccccc2)noc1N1CCCCC1)C1CC1. The normalized spacial score (nSPS) is 18.0. The molecule has 162 valence electrons. The van der Waals surface area contributed by atoms with Crippen LogP contribution in [0.4, 0.5) is 5.88 Å². The first kappa shape index (κ1) is 21.1. The minimum absolute atomic E-state index is 0.323. The largest absolute Gasteiger partial charge is 0.389 e. The molecule has 1 aliphatic heterocycles. The first-order valence-electron chi connectivity index (χ1n) is 11.2. The number of ether oxygens (including phenoxy) is 1. The van der Waals surface area contributed by atoms with Gasteiger partial charge in [0.15, 0.2) is 0 Å². The molecule has 0 amide bonds. The molecular formula is C24H33N3O3. The van der Waals surface area contributed by atoms with E-state index in [1.165, 1.54) is 32.1 Å². The highest BCUT2D eigenvalue weighted by Gasteiger charge is 2.33. The van der Waals surface area contributed by atoms with Gasteiger partial charge in [-0.3, -0.25) is 4.90 Å². The first-order chi connectivity index (χ1) is 14.8. The van der Waals surface area contributed by atoms with E-state index < -0.39 is 6.10 Å². The molecule has 0 unspecified atom stereocenters. The Bertz CT molecular complexity index is 797. The molecule has 1 aromatic carbocycles. The van der Waals surface area contributed by atoms with Gasteiger partial charge in [0.25, 0.3) is 0 Å². The molecule has 4 rings (SSSR count). The standard InChI is InChI=1S/C24H33N3O3/c1-2-15-29-18-21(28)16-27(20-11-12-20)17-22-23(19-9-5-3-6-10-19)25-30-24(22)26-13-7-4-8-14-26/h2-3,5-6,9-10,20-21,28H,1,4,7-8,11-18H2/t21-/m1/s1. The lowest BCUT2D eigenvalue weighted by Crippen LogP contribution is -2.37. The van der Waals surface area contributed by atoms with Gasteiger partial charge in [0, 0.05) is 37.8 Å². The highest BCUT2D eigenvalue weighted by molar-refractivity contribution is 5.68. The van der Waals surface area contributed by atoms with Crippen molar-refractivity contribution in [3.8, 4) is 11.3 Å². The molecule has 2 aromatic rings. The number of rotatable bonds is 11. The lowest BCUT2D eigenvalue weighted by molar-refractivity contribution is 0.0228. The van der Waals surface area contributed by atoms with Crippen molar-refractivity contribution < 1.29 is 14.4 Å². The van der Waals surface area contributed by atoms with Crippen molar-refractivity contribution in [3.63, 3.8) is 0 Å². The van der Waals surface area contributed by atoms with Crippen LogP contribution in [0.2, 0.25) is 0 Å². The average Bonchev–Trinajstić information content (AvgIpc) is 3.55. The van der Waals surface area contributed by atoms with Crippen LogP contribution in [0.5, 0.6) is 0 Å². The van der Waals surface area contributed by atoms with E-state index in [0.29, 0.717) is 25.8 Å². The zero-order chi connectivity index (χ0) is 20.8. The van der Waals surface area contributed by atoms with Crippen LogP contribution >= 0.6 is 0 Å². The van der Waals surface area contributed by atoms with E-state index in [-0.39, 0.29) is 0 Å². The maximum Gasteiger partial charge on any atom is 0.232 e. The van der Waals surface area contributed by atoms with Gasteiger partial charge in [-0.05, 0) is 32.1 Å². The molecule has 30 heavy (non-hydrogen) atoms. The zero-order valence-electron chi connectivity index (χ0n) is 17.7. The summed E-state index contributed by atoms with van der Waals surface area (Å²) in [6.07, 6.45) is 7.18. The van der Waals surface area contributed by atoms with Crippen molar-refractivity contribution >= 4 is 5.88 Å². The van der Waals surface area contributed by atoms with Crippen molar-refractivity contribution in [1.82, 2.24) is 10.1 Å². The third-order valence-corrected chi connectivity index (χ3v) is 5.87. The van der Waals surface area contributed by atoms with Crippen LogP contribution in [0.1, 0.15) is 37.7 Å². The summed E-state index contributed by atoms with van der Waals surface area (Å²) >= 11 is 0. The number of aliphatic hydroxyl groups excluding tert-OH is 1. The van der Waals surface area contributed by atoms with Crippen LogP contribution in [0.25, 0.3) is 11.3 Å². The minimum Gasteiger partial charge on any atom is -0.389 e. The van der Waals surface area contributed by atoms with Gasteiger partial charge >= 0.3 is 0 Å². The van der Waals surface area contributed by atoms with Crippen molar-refractivity contribution in [2.24, 2.45) is 0 Å². The number of hydrogen-bond acceptors (Lipinski definition) is 6. The average molecular weight is 412 g/mol. The fourth-order valence-corrected chi connectivity index (χ4v) is 4.21. The Morgan fingerprint density at radius 2 is 2.00 bits per heavy atom. The number of anilines is 1. The number of hydrogen-bond donors (Lipinski definition) is 1. The fourth-order valence-electron chi connectivity index (χ4n) is 4.21. The number of benzene rings is 1. The van der Waals surface area contributed by atoms with E-state index in [1.807, 2.05) is 18.2 Å². The molecular weight excluding hydrogens is 378 g/mol. The molecule has 1 saturated carbocycles. The van der Waals surface area contributed by atoms with Gasteiger partial charge in [0.1, 0.15) is 5.69 Å². The molecule has 1 aromatic heterocycles. The molecule has 0 radical (unpaired) electrons. The quantitative estimate of drug-likeness (QED) is 0.448. The second-order valence-corrected chi connectivity index (χ2v) is 8.37. The van der Waals surface area contributed by atoms with E-state index in [4.69, 9.17) is 9.26 Å². The molecule has 6 heteroatoms. The summed E-state index contributed by atoms with van der Waals surface area (Å²) < 4.78 is 11.4. The zero-order valence-corrected chi connectivity index (χ0v) is 17.7. The first-order valence-corrected chi connectivity index (χ1v) is 11.2. The summed E-state index contributed by atoms with van der Waals surface area (Å²) in [5.74, 6) is 0.900. The molecule has 1 aliphatic carbocycles. The smallest absolute Gasteiger partial charge is 0.232 e. The molecule has 2 fully saturated rings. The summed E-state index contributed by atoms with van der Waals surface area (Å²) in [5.41, 5.74) is 3.12. The molecule has 0 bridgehead atoms. The second-order valence-electron chi connectivity index (χ2n) is 8.37. The van der Waals surface area contributed by atoms with E-state index in [2.05, 4.69) is 33.7 Å². The maximum absolute atomic E-state index is 10.5. The van der Waals surface area contributed by atoms with Crippen LogP contribution in [-0.2, 0) is 11.3 Å². The van der Waals surface area contributed by atoms with Crippen LogP contribution in [0.3, 0.4) is 0 Å². The second kappa shape index (κ2) is 10.2. The summed E-state index contributed by atoms with van der Waals surface area (Å²) in [6.45, 7) is 7.78. The van der Waals surface area contributed by atoms with Gasteiger partial charge in [-0.25, -0.2) is 0 Å². The minimum atomic E-state index is -0.524. The third kappa shape index (κ3) is 5.31. The number of piperidine rings is 1. The van der Waals surface area contributed by atoms with E-state index in [9.17, 15) is 5.11 Å². The van der Waals surface area contributed by atoms with Gasteiger partial charge in [0.05, 0.1) is 24.9 Å². The molecule has 1 atom stereocenters. The highest BCUT2D eigenvalue weighted by atomic mass is 16.5. The summed E-state index contributed by atoms with van der Waals surface area (Å²) in [4.78, 5) is 4.71. The summed E-state index contributed by atoms with van der Waals surface area (Å²) in [7, 11) is 0. The van der Waals surface area contributed by atoms with Gasteiger partial charge in [-0.1, -0.05) is 41.6 Å². The lowest BCUT2D eigenvalue weighted by Gasteiger charge is -2.29. The van der Waals surface area contributed by atoms with Gasteiger partial charge in [0.2, 0.25) is 5.88 Å². The predicted octanol–water partition coefficient (Wildman–Crippen LogP) is 3.86. The van der Waals surface area contributed by atoms with Crippen LogP contribution < -0.4 is 4.90 Å². The van der Waals surface area contributed by atoms with Crippen molar-refractivity contribution in [3.05, 3.63) is 48.6 Å². The molecule has 2 aliphatic rings. The van der Waals surface area contributed by atoms with E-state index in [0.717, 1.165) is 42.3 Å². The third-order valence-electron chi connectivity index (χ3n) is 5.87. The molecule has 1 saturated heterocycles. The highest BCUT2D eigenvalue weighted by Crippen LogP contribution is 2.36. The predicted molar refractivity (Wildman–Crippen MR) is 118 cm³/mol. The summed E-state index contributed by atoms with van der Waals surface area (Å²) in [5, 5.41) is 15.0. The fraction of sp³-hybridized carbons (Fsp3) is 0.542. The van der Waals surface area contributed by atoms with Crippen LogP contribution in [-0.4, -0.2) is 60.2 Å². The lowest BCUT2D eigenvalue weighted by atomic mass is 10.1. The van der Waals surface area contributed by atoms with E-state index in [1.54, 1.807) is 6.08 Å². The molecule has 0 spiro atoms.